The Morgan fingerprint density at radius 3 is 2.56 bits per heavy atom. The van der Waals surface area contributed by atoms with Crippen LogP contribution < -0.4 is 0 Å². The van der Waals surface area contributed by atoms with E-state index in [1.165, 1.54) is 6.07 Å². The fraction of sp³-hybridized carbons (Fsp3) is 0. The van der Waals surface area contributed by atoms with Crippen LogP contribution in [-0.4, -0.2) is 8.76 Å². The lowest BCUT2D eigenvalue weighted by atomic mass is 10.1. The Balaban J connectivity index is 2.44. The Morgan fingerprint density at radius 2 is 1.75 bits per heavy atom. The van der Waals surface area contributed by atoms with Gasteiger partial charge in [0.25, 0.3) is 0 Å². The van der Waals surface area contributed by atoms with Crippen LogP contribution >= 0.6 is 0 Å². The zero-order chi connectivity index (χ0) is 11.1. The maximum atomic E-state index is 10.9. The van der Waals surface area contributed by atoms with Gasteiger partial charge < -0.3 is 8.97 Å². The smallest absolute Gasteiger partial charge is 0.135 e. The molecule has 0 spiro atoms. The van der Waals surface area contributed by atoms with Gasteiger partial charge in [0.15, 0.2) is 0 Å². The SMILES string of the molecule is O=S([O-])c1ccc2oc3ccccc3c2c1. The molecule has 0 amide bonds. The van der Waals surface area contributed by atoms with E-state index in [0.717, 1.165) is 16.4 Å². The topological polar surface area (TPSA) is 53.3 Å². The number of fused-ring (bicyclic) bond motifs is 3. The molecule has 0 aliphatic heterocycles. The Labute approximate surface area is 94.0 Å². The van der Waals surface area contributed by atoms with Crippen molar-refractivity contribution in [3.05, 3.63) is 42.5 Å². The predicted molar refractivity (Wildman–Crippen MR) is 60.9 cm³/mol. The molecule has 1 unspecified atom stereocenters. The Hall–Kier alpha value is -1.65. The highest BCUT2D eigenvalue weighted by Gasteiger charge is 2.06. The maximum Gasteiger partial charge on any atom is 0.135 e. The van der Waals surface area contributed by atoms with Crippen LogP contribution in [0.2, 0.25) is 0 Å². The van der Waals surface area contributed by atoms with Gasteiger partial charge in [-0.25, -0.2) is 0 Å². The number of benzene rings is 2. The van der Waals surface area contributed by atoms with Crippen molar-refractivity contribution < 1.29 is 13.2 Å². The summed E-state index contributed by atoms with van der Waals surface area (Å²) in [4.78, 5) is 0.277. The summed E-state index contributed by atoms with van der Waals surface area (Å²) < 4.78 is 27.3. The van der Waals surface area contributed by atoms with E-state index >= 15 is 0 Å². The Kier molecular flexibility index (Phi) is 2.05. The highest BCUT2D eigenvalue weighted by molar-refractivity contribution is 7.79. The van der Waals surface area contributed by atoms with Crippen molar-refractivity contribution >= 4 is 33.0 Å². The lowest BCUT2D eigenvalue weighted by Crippen LogP contribution is -1.86. The van der Waals surface area contributed by atoms with E-state index in [9.17, 15) is 8.76 Å². The van der Waals surface area contributed by atoms with Crippen molar-refractivity contribution in [2.45, 2.75) is 4.90 Å². The molecule has 2 aromatic carbocycles. The van der Waals surface area contributed by atoms with Crippen LogP contribution in [-0.2, 0) is 11.1 Å². The van der Waals surface area contributed by atoms with E-state index in [0.29, 0.717) is 5.58 Å². The fourth-order valence-electron chi connectivity index (χ4n) is 1.81. The van der Waals surface area contributed by atoms with Gasteiger partial charge in [-0.3, -0.25) is 4.21 Å². The van der Waals surface area contributed by atoms with Gasteiger partial charge >= 0.3 is 0 Å². The van der Waals surface area contributed by atoms with Gasteiger partial charge in [0.2, 0.25) is 0 Å². The van der Waals surface area contributed by atoms with E-state index in [4.69, 9.17) is 4.42 Å². The number of furan rings is 1. The van der Waals surface area contributed by atoms with E-state index in [-0.39, 0.29) is 4.90 Å². The van der Waals surface area contributed by atoms with Crippen LogP contribution in [0.5, 0.6) is 0 Å². The summed E-state index contributed by atoms with van der Waals surface area (Å²) in [6.07, 6.45) is 0. The summed E-state index contributed by atoms with van der Waals surface area (Å²) in [5.41, 5.74) is 1.47. The zero-order valence-corrected chi connectivity index (χ0v) is 8.99. The Bertz CT molecular complexity index is 700. The zero-order valence-electron chi connectivity index (χ0n) is 8.17. The summed E-state index contributed by atoms with van der Waals surface area (Å²) in [6.45, 7) is 0. The molecular formula is C12H7O3S-. The van der Waals surface area contributed by atoms with Crippen molar-refractivity contribution in [3.8, 4) is 0 Å². The summed E-state index contributed by atoms with van der Waals surface area (Å²) >= 11 is -2.20. The molecular weight excluding hydrogens is 224 g/mol. The number of hydrogen-bond donors (Lipinski definition) is 0. The second-order valence-corrected chi connectivity index (χ2v) is 4.43. The average molecular weight is 231 g/mol. The van der Waals surface area contributed by atoms with Gasteiger partial charge in [-0.15, -0.1) is 0 Å². The molecule has 0 saturated carbocycles. The Morgan fingerprint density at radius 1 is 1.00 bits per heavy atom. The van der Waals surface area contributed by atoms with E-state index < -0.39 is 11.1 Å². The van der Waals surface area contributed by atoms with Crippen molar-refractivity contribution in [2.75, 3.05) is 0 Å². The quantitative estimate of drug-likeness (QED) is 0.605. The number of para-hydroxylation sites is 1. The lowest BCUT2D eigenvalue weighted by Gasteiger charge is -2.03. The van der Waals surface area contributed by atoms with Crippen LogP contribution in [0, 0.1) is 0 Å². The first kappa shape index (κ1) is 9.57. The van der Waals surface area contributed by atoms with Crippen LogP contribution in [0.1, 0.15) is 0 Å². The molecule has 16 heavy (non-hydrogen) atoms. The third-order valence-corrected chi connectivity index (χ3v) is 3.18. The summed E-state index contributed by atoms with van der Waals surface area (Å²) in [6, 6.07) is 12.4. The van der Waals surface area contributed by atoms with Crippen molar-refractivity contribution in [1.82, 2.24) is 0 Å². The van der Waals surface area contributed by atoms with Crippen LogP contribution in [0.3, 0.4) is 0 Å². The molecule has 4 heteroatoms. The van der Waals surface area contributed by atoms with Gasteiger partial charge in [-0.1, -0.05) is 18.2 Å². The molecule has 3 rings (SSSR count). The molecule has 0 saturated heterocycles. The predicted octanol–water partition coefficient (Wildman–Crippen LogP) is 2.82. The largest absolute Gasteiger partial charge is 0.768 e. The standard InChI is InChI=1S/C12H8O3S/c13-16(14)8-5-6-12-10(7-8)9-3-1-2-4-11(9)15-12/h1-7H,(H,13,14)/p-1. The van der Waals surface area contributed by atoms with Gasteiger partial charge in [0, 0.05) is 15.7 Å². The van der Waals surface area contributed by atoms with Gasteiger partial charge in [-0.2, -0.15) is 0 Å². The molecule has 0 aliphatic rings. The van der Waals surface area contributed by atoms with Gasteiger partial charge in [0.05, 0.1) is 0 Å². The maximum absolute atomic E-state index is 10.9. The second-order valence-electron chi connectivity index (χ2n) is 3.49. The molecule has 0 fully saturated rings. The lowest BCUT2D eigenvalue weighted by molar-refractivity contribution is 0.537. The van der Waals surface area contributed by atoms with Gasteiger partial charge in [-0.05, 0) is 35.3 Å². The first-order valence-electron chi connectivity index (χ1n) is 4.76. The number of hydrogen-bond acceptors (Lipinski definition) is 3. The highest BCUT2D eigenvalue weighted by Crippen LogP contribution is 2.29. The summed E-state index contributed by atoms with van der Waals surface area (Å²) in [7, 11) is 0. The summed E-state index contributed by atoms with van der Waals surface area (Å²) in [5, 5.41) is 1.77. The third-order valence-electron chi connectivity index (χ3n) is 2.54. The van der Waals surface area contributed by atoms with Crippen molar-refractivity contribution in [3.63, 3.8) is 0 Å². The minimum atomic E-state index is -2.20. The minimum Gasteiger partial charge on any atom is -0.768 e. The van der Waals surface area contributed by atoms with Crippen molar-refractivity contribution in [2.24, 2.45) is 0 Å². The van der Waals surface area contributed by atoms with Crippen LogP contribution in [0.15, 0.2) is 51.8 Å². The molecule has 3 nitrogen and oxygen atoms in total. The first-order valence-corrected chi connectivity index (χ1v) is 5.84. The molecule has 0 radical (unpaired) electrons. The normalized spacial score (nSPS) is 13.3. The fourth-order valence-corrected chi connectivity index (χ4v) is 2.20. The molecule has 80 valence electrons. The van der Waals surface area contributed by atoms with Gasteiger partial charge in [0.1, 0.15) is 11.2 Å². The monoisotopic (exact) mass is 231 g/mol. The van der Waals surface area contributed by atoms with E-state index in [1.807, 2.05) is 24.3 Å². The van der Waals surface area contributed by atoms with E-state index in [2.05, 4.69) is 0 Å². The minimum absolute atomic E-state index is 0.277. The molecule has 0 bridgehead atoms. The molecule has 1 heterocycles. The molecule has 1 aromatic heterocycles. The average Bonchev–Trinajstić information content (AvgIpc) is 2.66. The molecule has 0 aliphatic carbocycles. The first-order chi connectivity index (χ1) is 7.75. The molecule has 3 aromatic rings. The van der Waals surface area contributed by atoms with Crippen LogP contribution in [0.4, 0.5) is 0 Å². The van der Waals surface area contributed by atoms with Crippen LogP contribution in [0.25, 0.3) is 21.9 Å². The van der Waals surface area contributed by atoms with E-state index in [1.54, 1.807) is 12.1 Å². The number of rotatable bonds is 1. The second kappa shape index (κ2) is 3.43. The summed E-state index contributed by atoms with van der Waals surface area (Å²) in [5.74, 6) is 0. The third kappa shape index (κ3) is 1.35. The molecule has 0 N–H and O–H groups in total. The highest BCUT2D eigenvalue weighted by atomic mass is 32.2. The van der Waals surface area contributed by atoms with Crippen molar-refractivity contribution in [1.29, 1.82) is 0 Å². The molecule has 1 atom stereocenters.